The van der Waals surface area contributed by atoms with E-state index in [1.165, 1.54) is 6.26 Å². The van der Waals surface area contributed by atoms with Crippen LogP contribution in [0.5, 0.6) is 28.9 Å². The number of carbonyl (C=O) groups is 1. The van der Waals surface area contributed by atoms with Crippen LogP contribution in [0.2, 0.25) is 0 Å². The summed E-state index contributed by atoms with van der Waals surface area (Å²) in [5.41, 5.74) is 3.40. The number of furan rings is 1. The van der Waals surface area contributed by atoms with Gasteiger partial charge in [-0.1, -0.05) is 18.2 Å². The van der Waals surface area contributed by atoms with Gasteiger partial charge in [-0.2, -0.15) is 5.21 Å². The average Bonchev–Trinajstić information content (AvgIpc) is 3.79. The summed E-state index contributed by atoms with van der Waals surface area (Å²) in [6.07, 6.45) is 4.32. The number of H-pyrrole nitrogens is 1. The molecule has 212 valence electrons. The van der Waals surface area contributed by atoms with Crippen LogP contribution in [0.1, 0.15) is 11.3 Å². The maximum absolute atomic E-state index is 12.1. The van der Waals surface area contributed by atoms with Crippen LogP contribution in [0.3, 0.4) is 0 Å². The number of rotatable bonds is 9. The van der Waals surface area contributed by atoms with Crippen molar-refractivity contribution in [1.82, 2.24) is 25.6 Å². The predicted molar refractivity (Wildman–Crippen MR) is 149 cm³/mol. The molecule has 6 rings (SSSR count). The van der Waals surface area contributed by atoms with E-state index in [-0.39, 0.29) is 31.0 Å². The molecular weight excluding hydrogens is 544 g/mol. The van der Waals surface area contributed by atoms with Crippen molar-refractivity contribution in [3.05, 3.63) is 78.2 Å². The fourth-order valence-corrected chi connectivity index (χ4v) is 4.33. The highest BCUT2D eigenvalue weighted by molar-refractivity contribution is 5.91. The molecule has 0 saturated carbocycles. The number of benzene rings is 2. The zero-order valence-electron chi connectivity index (χ0n) is 22.5. The number of aromatic amines is 1. The Kier molecular flexibility index (Phi) is 7.36. The van der Waals surface area contributed by atoms with Crippen LogP contribution in [0.15, 0.2) is 71.4 Å². The van der Waals surface area contributed by atoms with Gasteiger partial charge in [-0.15, -0.1) is 10.2 Å². The fourth-order valence-electron chi connectivity index (χ4n) is 4.33. The molecule has 2 N–H and O–H groups in total. The lowest BCUT2D eigenvalue weighted by Crippen LogP contribution is -2.13. The molecule has 1 amide bonds. The fraction of sp³-hybridized carbons (Fsp3) is 0.138. The number of anilines is 1. The summed E-state index contributed by atoms with van der Waals surface area (Å²) in [7, 11) is 1.60. The van der Waals surface area contributed by atoms with E-state index >= 15 is 0 Å². The number of nitrogens with one attached hydrogen (secondary N) is 2. The number of aromatic nitrogens is 5. The van der Waals surface area contributed by atoms with Gasteiger partial charge in [0.05, 0.1) is 18.9 Å². The quantitative estimate of drug-likeness (QED) is 0.227. The summed E-state index contributed by atoms with van der Waals surface area (Å²) in [4.78, 5) is 16.9. The number of aryl methyl sites for hydroxylation is 1. The number of fused-ring (bicyclic) bond motifs is 1. The summed E-state index contributed by atoms with van der Waals surface area (Å²) < 4.78 is 33.0. The Morgan fingerprint density at radius 1 is 1.07 bits per heavy atom. The number of carbonyl (C=O) groups excluding carboxylic acids is 1. The van der Waals surface area contributed by atoms with Crippen LogP contribution >= 0.6 is 0 Å². The minimum Gasteiger partial charge on any atom is -0.497 e. The van der Waals surface area contributed by atoms with E-state index in [1.54, 1.807) is 43.5 Å². The molecule has 0 saturated heterocycles. The van der Waals surface area contributed by atoms with Gasteiger partial charge in [-0.05, 0) is 54.1 Å². The van der Waals surface area contributed by atoms with Gasteiger partial charge in [0.25, 0.3) is 0 Å². The van der Waals surface area contributed by atoms with E-state index in [2.05, 4.69) is 25.9 Å². The third kappa shape index (κ3) is 5.56. The van der Waals surface area contributed by atoms with Gasteiger partial charge in [0, 0.05) is 29.0 Å². The average molecular weight is 569 g/mol. The van der Waals surface area contributed by atoms with Gasteiger partial charge in [0.1, 0.15) is 18.1 Å². The van der Waals surface area contributed by atoms with Crippen molar-refractivity contribution in [1.29, 1.82) is 0 Å². The Morgan fingerprint density at radius 2 is 1.90 bits per heavy atom. The summed E-state index contributed by atoms with van der Waals surface area (Å²) in [6.45, 7) is 1.98. The topological polar surface area (TPSA) is 156 Å². The Balaban J connectivity index is 1.40. The molecule has 5 aromatic rings. The number of methoxy groups -OCH3 is 1. The number of nitrogens with zero attached hydrogens (tertiary/aromatic N) is 4. The molecule has 0 atom stereocenters. The van der Waals surface area contributed by atoms with Crippen LogP contribution < -0.4 is 24.3 Å². The molecule has 4 heterocycles. The first-order valence-corrected chi connectivity index (χ1v) is 12.7. The summed E-state index contributed by atoms with van der Waals surface area (Å²) >= 11 is 0. The highest BCUT2D eigenvalue weighted by Gasteiger charge is 2.25. The molecule has 1 aliphatic heterocycles. The molecule has 3 aromatic heterocycles. The molecule has 0 bridgehead atoms. The minimum absolute atomic E-state index is 0.0129. The van der Waals surface area contributed by atoms with Crippen molar-refractivity contribution in [2.45, 2.75) is 6.92 Å². The number of hydrogen-bond donors (Lipinski definition) is 2. The van der Waals surface area contributed by atoms with Gasteiger partial charge < -0.3 is 28.1 Å². The van der Waals surface area contributed by atoms with E-state index in [0.717, 1.165) is 16.7 Å². The van der Waals surface area contributed by atoms with Crippen molar-refractivity contribution in [2.24, 2.45) is 0 Å². The van der Waals surface area contributed by atoms with Gasteiger partial charge in [-0.25, -0.2) is 9.78 Å². The highest BCUT2D eigenvalue weighted by Crippen LogP contribution is 2.44. The number of hydrogen-bond acceptors (Lipinski definition) is 11. The number of tetrazole rings is 1. The Morgan fingerprint density at radius 3 is 2.67 bits per heavy atom. The van der Waals surface area contributed by atoms with Crippen LogP contribution in [0.25, 0.3) is 28.6 Å². The Hall–Kier alpha value is -5.85. The van der Waals surface area contributed by atoms with E-state index in [4.69, 9.17) is 33.1 Å². The lowest BCUT2D eigenvalue weighted by atomic mass is 9.93. The van der Waals surface area contributed by atoms with E-state index in [9.17, 15) is 4.79 Å². The van der Waals surface area contributed by atoms with E-state index in [1.807, 2.05) is 37.3 Å². The van der Waals surface area contributed by atoms with Crippen molar-refractivity contribution < 1.29 is 32.9 Å². The number of pyridine rings is 1. The Bertz CT molecular complexity index is 1720. The smallest absolute Gasteiger partial charge is 0.414 e. The summed E-state index contributed by atoms with van der Waals surface area (Å²) in [5, 5.41) is 17.3. The molecule has 13 heteroatoms. The van der Waals surface area contributed by atoms with E-state index < -0.39 is 6.09 Å². The Labute approximate surface area is 239 Å². The lowest BCUT2D eigenvalue weighted by molar-refractivity contribution is 0.173. The largest absolute Gasteiger partial charge is 0.497 e. The second-order valence-electron chi connectivity index (χ2n) is 8.85. The van der Waals surface area contributed by atoms with Gasteiger partial charge in [-0.3, -0.25) is 5.32 Å². The standard InChI is InChI=1S/C29H24N6O7/c1-17-21(5-3-14-39-29(36)31-24-6-4-13-38-24)25(18-7-9-19(37-2)10-8-18)26(27-32-34-35-33-27)28(30-17)42-20-11-12-22-23(15-20)41-16-40-22/h3-13,15H,14,16H2,1-2H3,(H,31,36)(H,32,33,34,35)/b5-3+. The maximum atomic E-state index is 12.1. The van der Waals surface area contributed by atoms with Crippen molar-refractivity contribution in [3.8, 4) is 51.4 Å². The second kappa shape index (κ2) is 11.7. The zero-order chi connectivity index (χ0) is 28.9. The highest BCUT2D eigenvalue weighted by atomic mass is 16.7. The molecule has 42 heavy (non-hydrogen) atoms. The van der Waals surface area contributed by atoms with Gasteiger partial charge >= 0.3 is 6.09 Å². The summed E-state index contributed by atoms with van der Waals surface area (Å²) in [6, 6.07) is 16.0. The van der Waals surface area contributed by atoms with Crippen LogP contribution in [0, 0.1) is 6.92 Å². The van der Waals surface area contributed by atoms with Crippen molar-refractivity contribution >= 4 is 18.1 Å². The third-order valence-electron chi connectivity index (χ3n) is 6.24. The molecule has 0 unspecified atom stereocenters. The normalized spacial score (nSPS) is 12.0. The SMILES string of the molecule is COc1ccc(-c2c(/C=C/COC(=O)Nc3ccco3)c(C)nc(Oc3ccc4c(c3)OCO4)c2-c2nn[nH]n2)cc1. The first kappa shape index (κ1) is 26.4. The van der Waals surface area contributed by atoms with Gasteiger partial charge in [0.15, 0.2) is 11.5 Å². The molecule has 1 aliphatic rings. The predicted octanol–water partition coefficient (Wildman–Crippen LogP) is 5.62. The monoisotopic (exact) mass is 568 g/mol. The molecule has 13 nitrogen and oxygen atoms in total. The molecular formula is C29H24N6O7. The molecule has 0 fully saturated rings. The maximum Gasteiger partial charge on any atom is 0.414 e. The number of amides is 1. The molecule has 2 aromatic carbocycles. The van der Waals surface area contributed by atoms with Crippen molar-refractivity contribution in [2.75, 3.05) is 25.8 Å². The molecule has 0 spiro atoms. The first-order valence-electron chi connectivity index (χ1n) is 12.7. The van der Waals surface area contributed by atoms with Crippen LogP contribution in [-0.2, 0) is 4.74 Å². The van der Waals surface area contributed by atoms with Crippen LogP contribution in [0.4, 0.5) is 10.7 Å². The van der Waals surface area contributed by atoms with Crippen LogP contribution in [-0.4, -0.2) is 52.2 Å². The van der Waals surface area contributed by atoms with E-state index in [0.29, 0.717) is 34.3 Å². The first-order chi connectivity index (χ1) is 20.6. The zero-order valence-corrected chi connectivity index (χ0v) is 22.5. The lowest BCUT2D eigenvalue weighted by Gasteiger charge is -2.18. The molecule has 0 radical (unpaired) electrons. The van der Waals surface area contributed by atoms with Crippen molar-refractivity contribution in [3.63, 3.8) is 0 Å². The minimum atomic E-state index is -0.653. The number of ether oxygens (including phenoxy) is 5. The second-order valence-corrected chi connectivity index (χ2v) is 8.85. The molecule has 0 aliphatic carbocycles. The summed E-state index contributed by atoms with van der Waals surface area (Å²) in [5.74, 6) is 3.18. The third-order valence-corrected chi connectivity index (χ3v) is 6.24. The van der Waals surface area contributed by atoms with Gasteiger partial charge in [0.2, 0.25) is 24.4 Å².